The van der Waals surface area contributed by atoms with E-state index in [9.17, 15) is 13.2 Å². The van der Waals surface area contributed by atoms with Crippen molar-refractivity contribution in [3.63, 3.8) is 0 Å². The van der Waals surface area contributed by atoms with E-state index >= 15 is 0 Å². The molecule has 0 atom stereocenters. The molecule has 7 heteroatoms. The molecule has 1 aliphatic rings. The zero-order chi connectivity index (χ0) is 21.0. The molecule has 0 spiro atoms. The molecule has 0 heterocycles. The summed E-state index contributed by atoms with van der Waals surface area (Å²) in [5.41, 5.74) is 3.53. The van der Waals surface area contributed by atoms with E-state index in [1.54, 1.807) is 19.9 Å². The van der Waals surface area contributed by atoms with Crippen LogP contribution in [0.4, 0.5) is 5.69 Å². The molecular formula is C22H28N2O4S. The van der Waals surface area contributed by atoms with Gasteiger partial charge in [0.25, 0.3) is 5.91 Å². The van der Waals surface area contributed by atoms with E-state index in [1.807, 2.05) is 12.1 Å². The number of fused-ring (bicyclic) bond motifs is 1. The highest BCUT2D eigenvalue weighted by molar-refractivity contribution is 7.89. The van der Waals surface area contributed by atoms with Crippen molar-refractivity contribution in [2.45, 2.75) is 44.4 Å². The Hall–Kier alpha value is -2.38. The highest BCUT2D eigenvalue weighted by Gasteiger charge is 2.27. The van der Waals surface area contributed by atoms with Crippen LogP contribution in [0, 0.1) is 0 Å². The van der Waals surface area contributed by atoms with Crippen LogP contribution in [0.1, 0.15) is 48.2 Å². The van der Waals surface area contributed by atoms with Gasteiger partial charge in [0.05, 0.1) is 7.11 Å². The SMILES string of the molecule is CCN(CC)S(=O)(=O)c1cc(C(=O)Nc2cccc3c2CCCC3)ccc1OC. The highest BCUT2D eigenvalue weighted by atomic mass is 32.2. The molecule has 0 bridgehead atoms. The van der Waals surface area contributed by atoms with Crippen molar-refractivity contribution in [1.82, 2.24) is 4.31 Å². The summed E-state index contributed by atoms with van der Waals surface area (Å²) in [6.07, 6.45) is 4.23. The van der Waals surface area contributed by atoms with Gasteiger partial charge in [0.15, 0.2) is 0 Å². The first kappa shape index (κ1) is 21.3. The quantitative estimate of drug-likeness (QED) is 0.744. The van der Waals surface area contributed by atoms with Crippen LogP contribution in [0.3, 0.4) is 0 Å². The molecule has 0 radical (unpaired) electrons. The minimum atomic E-state index is -3.76. The van der Waals surface area contributed by atoms with E-state index in [0.29, 0.717) is 13.1 Å². The van der Waals surface area contributed by atoms with Crippen LogP contribution in [0.25, 0.3) is 0 Å². The van der Waals surface area contributed by atoms with Gasteiger partial charge >= 0.3 is 0 Å². The predicted molar refractivity (Wildman–Crippen MR) is 114 cm³/mol. The van der Waals surface area contributed by atoms with Crippen LogP contribution < -0.4 is 10.1 Å². The van der Waals surface area contributed by atoms with E-state index in [2.05, 4.69) is 11.4 Å². The van der Waals surface area contributed by atoms with Gasteiger partial charge in [0.2, 0.25) is 10.0 Å². The van der Waals surface area contributed by atoms with Crippen LogP contribution in [0.15, 0.2) is 41.3 Å². The molecule has 0 aromatic heterocycles. The van der Waals surface area contributed by atoms with Gasteiger partial charge in [-0.05, 0) is 61.1 Å². The molecule has 29 heavy (non-hydrogen) atoms. The van der Waals surface area contributed by atoms with E-state index in [4.69, 9.17) is 4.74 Å². The van der Waals surface area contributed by atoms with Gasteiger partial charge in [-0.25, -0.2) is 8.42 Å². The fraction of sp³-hybridized carbons (Fsp3) is 0.409. The zero-order valence-electron chi connectivity index (χ0n) is 17.2. The maximum Gasteiger partial charge on any atom is 0.255 e. The number of nitrogens with one attached hydrogen (secondary N) is 1. The Bertz CT molecular complexity index is 998. The van der Waals surface area contributed by atoms with Gasteiger partial charge in [0, 0.05) is 24.3 Å². The highest BCUT2D eigenvalue weighted by Crippen LogP contribution is 2.30. The van der Waals surface area contributed by atoms with E-state index in [-0.39, 0.29) is 22.1 Å². The van der Waals surface area contributed by atoms with Gasteiger partial charge in [0.1, 0.15) is 10.6 Å². The number of amides is 1. The molecule has 156 valence electrons. The average molecular weight is 417 g/mol. The molecule has 0 aliphatic heterocycles. The number of hydrogen-bond acceptors (Lipinski definition) is 4. The Morgan fingerprint density at radius 1 is 1.10 bits per heavy atom. The van der Waals surface area contributed by atoms with Crippen LogP contribution in [-0.2, 0) is 22.9 Å². The molecular weight excluding hydrogens is 388 g/mol. The molecule has 0 fully saturated rings. The third kappa shape index (κ3) is 4.31. The normalized spacial score (nSPS) is 13.8. The summed E-state index contributed by atoms with van der Waals surface area (Å²) in [6.45, 7) is 4.24. The van der Waals surface area contributed by atoms with Gasteiger partial charge < -0.3 is 10.1 Å². The van der Waals surface area contributed by atoms with Gasteiger partial charge in [-0.2, -0.15) is 4.31 Å². The number of rotatable bonds is 7. The standard InChI is InChI=1S/C22H28N2O4S/c1-4-24(5-2)29(26,27)21-15-17(13-14-20(21)28-3)22(25)23-19-12-8-10-16-9-6-7-11-18(16)19/h8,10,12-15H,4-7,9,11H2,1-3H3,(H,23,25). The summed E-state index contributed by atoms with van der Waals surface area (Å²) in [5.74, 6) is -0.104. The fourth-order valence-corrected chi connectivity index (χ4v) is 5.45. The van der Waals surface area contributed by atoms with Crippen molar-refractivity contribution in [2.24, 2.45) is 0 Å². The van der Waals surface area contributed by atoms with Gasteiger partial charge in [-0.1, -0.05) is 26.0 Å². The lowest BCUT2D eigenvalue weighted by Gasteiger charge is -2.21. The Morgan fingerprint density at radius 2 is 1.83 bits per heavy atom. The number of nitrogens with zero attached hydrogens (tertiary/aromatic N) is 1. The second kappa shape index (κ2) is 8.97. The maximum atomic E-state index is 13.0. The Morgan fingerprint density at radius 3 is 2.52 bits per heavy atom. The van der Waals surface area contributed by atoms with E-state index in [1.165, 1.54) is 34.7 Å². The molecule has 1 aliphatic carbocycles. The largest absolute Gasteiger partial charge is 0.495 e. The zero-order valence-corrected chi connectivity index (χ0v) is 18.0. The number of methoxy groups -OCH3 is 1. The van der Waals surface area contributed by atoms with Crippen molar-refractivity contribution in [1.29, 1.82) is 0 Å². The van der Waals surface area contributed by atoms with Crippen molar-refractivity contribution >= 4 is 21.6 Å². The number of benzene rings is 2. The Balaban J connectivity index is 1.95. The molecule has 3 rings (SSSR count). The number of sulfonamides is 1. The van der Waals surface area contributed by atoms with Crippen LogP contribution in [0.5, 0.6) is 5.75 Å². The van der Waals surface area contributed by atoms with Crippen molar-refractivity contribution in [3.8, 4) is 5.75 Å². The topological polar surface area (TPSA) is 75.7 Å². The van der Waals surface area contributed by atoms with Crippen molar-refractivity contribution in [2.75, 3.05) is 25.5 Å². The molecule has 1 amide bonds. The molecule has 2 aromatic carbocycles. The first-order chi connectivity index (χ1) is 13.9. The maximum absolute atomic E-state index is 13.0. The molecule has 1 N–H and O–H groups in total. The van der Waals surface area contributed by atoms with Crippen molar-refractivity contribution < 1.29 is 17.9 Å². The third-order valence-electron chi connectivity index (χ3n) is 5.39. The lowest BCUT2D eigenvalue weighted by atomic mass is 9.90. The van der Waals surface area contributed by atoms with E-state index in [0.717, 1.165) is 31.4 Å². The second-order valence-electron chi connectivity index (χ2n) is 7.06. The fourth-order valence-electron chi connectivity index (χ4n) is 3.82. The van der Waals surface area contributed by atoms with Crippen molar-refractivity contribution in [3.05, 3.63) is 53.1 Å². The minimum Gasteiger partial charge on any atom is -0.495 e. The summed E-state index contributed by atoms with van der Waals surface area (Å²) in [4.78, 5) is 12.9. The number of anilines is 1. The summed E-state index contributed by atoms with van der Waals surface area (Å²) in [5, 5.41) is 2.97. The van der Waals surface area contributed by atoms with E-state index < -0.39 is 10.0 Å². The molecule has 0 saturated heterocycles. The van der Waals surface area contributed by atoms with Crippen LogP contribution in [-0.4, -0.2) is 38.8 Å². The Kier molecular flexibility index (Phi) is 6.59. The van der Waals surface area contributed by atoms with Gasteiger partial charge in [-0.3, -0.25) is 4.79 Å². The number of ether oxygens (including phenoxy) is 1. The molecule has 2 aromatic rings. The van der Waals surface area contributed by atoms with Gasteiger partial charge in [-0.15, -0.1) is 0 Å². The molecule has 0 unspecified atom stereocenters. The third-order valence-corrected chi connectivity index (χ3v) is 7.46. The number of hydrogen-bond donors (Lipinski definition) is 1. The second-order valence-corrected chi connectivity index (χ2v) is 8.97. The number of carbonyl (C=O) groups is 1. The minimum absolute atomic E-state index is 0.00596. The molecule has 0 saturated carbocycles. The average Bonchev–Trinajstić information content (AvgIpc) is 2.74. The summed E-state index contributed by atoms with van der Waals surface area (Å²) < 4.78 is 32.6. The Labute approximate surface area is 172 Å². The number of aryl methyl sites for hydroxylation is 1. The number of carbonyl (C=O) groups excluding carboxylic acids is 1. The smallest absolute Gasteiger partial charge is 0.255 e. The summed E-state index contributed by atoms with van der Waals surface area (Å²) in [7, 11) is -2.34. The van der Waals surface area contributed by atoms with Crippen LogP contribution >= 0.6 is 0 Å². The monoisotopic (exact) mass is 416 g/mol. The molecule has 6 nitrogen and oxygen atoms in total. The predicted octanol–water partition coefficient (Wildman–Crippen LogP) is 3.86. The first-order valence-electron chi connectivity index (χ1n) is 10.0. The van der Waals surface area contributed by atoms with Crippen LogP contribution in [0.2, 0.25) is 0 Å². The first-order valence-corrected chi connectivity index (χ1v) is 11.5. The summed E-state index contributed by atoms with van der Waals surface area (Å²) in [6, 6.07) is 10.5. The lowest BCUT2D eigenvalue weighted by molar-refractivity contribution is 0.102. The lowest BCUT2D eigenvalue weighted by Crippen LogP contribution is -2.31. The summed E-state index contributed by atoms with van der Waals surface area (Å²) >= 11 is 0.